The van der Waals surface area contributed by atoms with Crippen molar-refractivity contribution >= 4 is 11.6 Å². The van der Waals surface area contributed by atoms with E-state index in [-0.39, 0.29) is 33.2 Å². The number of aliphatic hydroxyl groups is 1. The molecule has 5 aromatic rings. The average Bonchev–Trinajstić information content (AvgIpc) is 1.59. The summed E-state index contributed by atoms with van der Waals surface area (Å²) >= 11 is 0. The number of ether oxygens (including phenoxy) is 2. The number of pyridine rings is 1. The monoisotopic (exact) mass is 1100 g/mol. The van der Waals surface area contributed by atoms with Crippen molar-refractivity contribution in [2.45, 2.75) is 183 Å². The van der Waals surface area contributed by atoms with Crippen LogP contribution >= 0.6 is 0 Å². The number of aryl methyl sites for hydroxylation is 1. The molecule has 0 saturated heterocycles. The van der Waals surface area contributed by atoms with Crippen LogP contribution in [-0.4, -0.2) is 28.9 Å². The summed E-state index contributed by atoms with van der Waals surface area (Å²) < 4.78 is 14.1. The molecule has 4 aromatic carbocycles. The molecule has 8 aliphatic rings. The highest BCUT2D eigenvalue weighted by molar-refractivity contribution is 5.85. The molecule has 0 aliphatic heterocycles. The quantitative estimate of drug-likeness (QED) is 0.0995. The maximum Gasteiger partial charge on any atom is 0.367 e. The maximum atomic E-state index is 13.5. The first-order valence-corrected chi connectivity index (χ1v) is 32.0. The zero-order valence-corrected chi connectivity index (χ0v) is 50.8. The number of allylic oxidation sites excluding steroid dienone is 2. The van der Waals surface area contributed by atoms with Crippen LogP contribution < -0.4 is 9.30 Å². The number of hydrogen-bond donors (Lipinski definition) is 1. The lowest BCUT2D eigenvalue weighted by atomic mass is 9.45. The van der Waals surface area contributed by atoms with Crippen LogP contribution in [-0.2, 0) is 47.4 Å². The molecule has 0 amide bonds. The van der Waals surface area contributed by atoms with Gasteiger partial charge in [-0.15, -0.1) is 0 Å². The molecule has 14 atom stereocenters. The van der Waals surface area contributed by atoms with Crippen LogP contribution in [0, 0.1) is 68.0 Å². The van der Waals surface area contributed by atoms with Crippen LogP contribution in [0.1, 0.15) is 167 Å². The Hall–Kier alpha value is -5.43. The van der Waals surface area contributed by atoms with Gasteiger partial charge < -0.3 is 14.6 Å². The Morgan fingerprint density at radius 1 is 0.500 bits per heavy atom. The maximum absolute atomic E-state index is 13.5. The predicted octanol–water partition coefficient (Wildman–Crippen LogP) is 16.6. The molecular weight excluding hydrogens is 1010 g/mol. The number of rotatable bonds is 12. The van der Waals surface area contributed by atoms with Crippen LogP contribution in [0.2, 0.25) is 0 Å². The number of aliphatic hydroxyl groups excluding tert-OH is 1. The molecule has 6 heteroatoms. The molecule has 434 valence electrons. The van der Waals surface area contributed by atoms with Gasteiger partial charge in [0.1, 0.15) is 25.2 Å². The lowest BCUT2D eigenvalue weighted by Crippen LogP contribution is -2.54. The molecule has 0 bridgehead atoms. The van der Waals surface area contributed by atoms with E-state index < -0.39 is 0 Å². The van der Waals surface area contributed by atoms with Crippen LogP contribution in [0.5, 0.6) is 5.88 Å². The highest BCUT2D eigenvalue weighted by Crippen LogP contribution is 2.72. The van der Waals surface area contributed by atoms with Crippen molar-refractivity contribution in [1.29, 1.82) is 0 Å². The van der Waals surface area contributed by atoms with E-state index in [1.165, 1.54) is 79.2 Å². The van der Waals surface area contributed by atoms with Crippen LogP contribution in [0.3, 0.4) is 0 Å². The molecule has 82 heavy (non-hydrogen) atoms. The van der Waals surface area contributed by atoms with Crippen molar-refractivity contribution < 1.29 is 28.7 Å². The minimum absolute atomic E-state index is 0.103. The van der Waals surface area contributed by atoms with E-state index in [0.29, 0.717) is 53.4 Å². The highest BCUT2D eigenvalue weighted by atomic mass is 16.5. The number of benzene rings is 4. The Morgan fingerprint density at radius 3 is 1.40 bits per heavy atom. The van der Waals surface area contributed by atoms with Crippen molar-refractivity contribution in [2.24, 2.45) is 75.0 Å². The molecule has 1 aromatic heterocycles. The molecule has 0 radical (unpaired) electrons. The highest BCUT2D eigenvalue weighted by Gasteiger charge is 2.67. The topological polar surface area (TPSA) is 76.7 Å². The normalized spacial score (nSPS) is 35.8. The summed E-state index contributed by atoms with van der Waals surface area (Å²) in [4.78, 5) is 26.7. The average molecular weight is 1100 g/mol. The van der Waals surface area contributed by atoms with E-state index in [9.17, 15) is 14.7 Å². The van der Waals surface area contributed by atoms with Gasteiger partial charge in [-0.3, -0.25) is 9.59 Å². The number of carbonyl (C=O) groups is 2. The predicted molar refractivity (Wildman–Crippen MR) is 329 cm³/mol. The molecule has 1 heterocycles. The van der Waals surface area contributed by atoms with Gasteiger partial charge in [-0.25, -0.2) is 0 Å². The number of nitrogens with zero attached hydrogens (tertiary/aromatic N) is 1. The van der Waals surface area contributed by atoms with Crippen molar-refractivity contribution in [2.75, 3.05) is 0 Å². The third-order valence-electron chi connectivity index (χ3n) is 24.5. The minimum atomic E-state index is -0.211. The van der Waals surface area contributed by atoms with E-state index >= 15 is 0 Å². The zero-order chi connectivity index (χ0) is 57.3. The summed E-state index contributed by atoms with van der Waals surface area (Å²) in [5, 5.41) is 10.2. The summed E-state index contributed by atoms with van der Waals surface area (Å²) in [6.45, 7) is 15.1. The number of ketones is 2. The molecule has 6 unspecified atom stereocenters. The molecular formula is C76H96NO5+. The number of carbonyl (C=O) groups excluding carboxylic acids is 2. The van der Waals surface area contributed by atoms with Gasteiger partial charge in [0.25, 0.3) is 0 Å². The van der Waals surface area contributed by atoms with Crippen molar-refractivity contribution in [1.82, 2.24) is 0 Å². The molecule has 6 saturated carbocycles. The fourth-order valence-corrected chi connectivity index (χ4v) is 19.7. The summed E-state index contributed by atoms with van der Waals surface area (Å²) in [6.07, 6.45) is 27.3. The fourth-order valence-electron chi connectivity index (χ4n) is 19.7. The van der Waals surface area contributed by atoms with Gasteiger partial charge in [0, 0.05) is 16.9 Å². The third kappa shape index (κ3) is 10.8. The van der Waals surface area contributed by atoms with E-state index in [0.717, 1.165) is 88.5 Å². The first-order chi connectivity index (χ1) is 39.5. The minimum Gasteiger partial charge on any atom is -0.440 e. The van der Waals surface area contributed by atoms with Crippen LogP contribution in [0.25, 0.3) is 0 Å². The van der Waals surface area contributed by atoms with Crippen molar-refractivity contribution in [3.05, 3.63) is 191 Å². The Kier molecular flexibility index (Phi) is 17.0. The van der Waals surface area contributed by atoms with Gasteiger partial charge in [0.05, 0.1) is 24.9 Å². The molecule has 0 spiro atoms. The van der Waals surface area contributed by atoms with Gasteiger partial charge in [-0.2, -0.15) is 4.57 Å². The third-order valence-corrected chi connectivity index (χ3v) is 24.5. The van der Waals surface area contributed by atoms with Gasteiger partial charge in [0.15, 0.2) is 6.20 Å². The Labute approximate surface area is 492 Å². The zero-order valence-electron chi connectivity index (χ0n) is 50.8. The second kappa shape index (κ2) is 23.9. The summed E-state index contributed by atoms with van der Waals surface area (Å²) in [5.74, 6) is 5.90. The van der Waals surface area contributed by atoms with Crippen molar-refractivity contribution in [3.63, 3.8) is 0 Å². The smallest absolute Gasteiger partial charge is 0.367 e. The summed E-state index contributed by atoms with van der Waals surface area (Å²) in [6, 6.07) is 48.2. The summed E-state index contributed by atoms with van der Waals surface area (Å²) in [7, 11) is 1.97. The van der Waals surface area contributed by atoms with E-state index in [2.05, 4.69) is 143 Å². The first kappa shape index (κ1) is 58.3. The number of aromatic nitrogens is 1. The molecule has 8 aliphatic carbocycles. The number of Topliss-reactive ketones (excluding diaryl/α,β-unsaturated/α-hetero) is 2. The van der Waals surface area contributed by atoms with E-state index in [1.54, 1.807) is 5.57 Å². The van der Waals surface area contributed by atoms with Gasteiger partial charge in [-0.1, -0.05) is 172 Å². The van der Waals surface area contributed by atoms with Crippen LogP contribution in [0.15, 0.2) is 169 Å². The SMILES string of the molecule is CC(=O)[C@@]1(Cc2ccccc2)CCC2C3CC=C4C[C@@H](O)CC[C@]4(C)C3CC[C@@]21C.CC(=O)[C@@]1(Cc2ccccc2)CCC2C3CC=C4C[C@@H](OCc5ccccc5)CC[C@]4(C)C3CC[C@@]21C.C[n+]1ccccc1OCc1ccccc1. The lowest BCUT2D eigenvalue weighted by molar-refractivity contribution is -0.677. The van der Waals surface area contributed by atoms with Crippen LogP contribution in [0.4, 0.5) is 0 Å². The van der Waals surface area contributed by atoms with Gasteiger partial charge in [0.2, 0.25) is 0 Å². The Balaban J connectivity index is 0.000000140. The van der Waals surface area contributed by atoms with Gasteiger partial charge >= 0.3 is 5.88 Å². The van der Waals surface area contributed by atoms with E-state index in [4.69, 9.17) is 9.47 Å². The number of fused-ring (bicyclic) bond motifs is 10. The van der Waals surface area contributed by atoms with E-state index in [1.807, 2.05) is 68.1 Å². The molecule has 6 fully saturated rings. The Morgan fingerprint density at radius 2 is 0.927 bits per heavy atom. The molecule has 6 nitrogen and oxygen atoms in total. The first-order valence-electron chi connectivity index (χ1n) is 32.0. The lowest BCUT2D eigenvalue weighted by Gasteiger charge is -2.59. The summed E-state index contributed by atoms with van der Waals surface area (Å²) in [5.41, 5.74) is 8.65. The molecule has 1 N–H and O–H groups in total. The van der Waals surface area contributed by atoms with Crippen molar-refractivity contribution in [3.8, 4) is 5.88 Å². The largest absolute Gasteiger partial charge is 0.440 e. The van der Waals surface area contributed by atoms with Gasteiger partial charge in [-0.05, 0) is 215 Å². The second-order valence-corrected chi connectivity index (χ2v) is 28.1. The fraction of sp³-hybridized carbons (Fsp3) is 0.539. The Bertz CT molecular complexity index is 3060. The standard InChI is InChI=1S/C35H44O2.C28H38O2.C13H14NO/c1-25(36)35(23-26-10-6-4-7-11-26)21-18-32-30-15-14-28-22-29(37-24-27-12-8-5-9-13-27)16-19-33(28,2)31(30)17-20-34(32,35)3;1-19(29)28(18-20-7-5-4-6-8-20)16-13-25-23-10-9-21-17-22(30)11-14-26(21,2)24(23)12-15-27(25,28)3;1-14-10-6-5-9-13(14)15-11-12-7-3-2-4-8-12/h4-14,29-32H,15-24H2,1-3H3;4-9,22-25,30H,10-18H2,1-3H3;2-10H,11H2,1H3/q;;+1/t29-,30?,31?,32?,33-,34-,35-;22-,23?,24?,25?,26-,27-,28-;/m00./s1. The molecule has 13 rings (SSSR count). The second-order valence-electron chi connectivity index (χ2n) is 28.1. The number of hydrogen-bond acceptors (Lipinski definition) is 5.